The topological polar surface area (TPSA) is 64.1 Å². The highest BCUT2D eigenvalue weighted by Gasteiger charge is 2.21. The molecule has 1 unspecified atom stereocenters. The van der Waals surface area contributed by atoms with Gasteiger partial charge < -0.3 is 9.52 Å². The standard InChI is InChI=1S/C11H13N3O2/c15-11-5-1-4-10-12-9(13-14(10)11)7-8-3-2-6-16-8/h2-3,6,11,15H,1,4-5,7H2. The molecule has 0 fully saturated rings. The zero-order valence-electron chi connectivity index (χ0n) is 8.83. The number of aliphatic hydroxyl groups is 1. The molecule has 0 radical (unpaired) electrons. The summed E-state index contributed by atoms with van der Waals surface area (Å²) < 4.78 is 6.87. The molecule has 1 N–H and O–H groups in total. The first-order valence-corrected chi connectivity index (χ1v) is 5.47. The molecule has 3 heterocycles. The second-order valence-corrected chi connectivity index (χ2v) is 4.02. The van der Waals surface area contributed by atoms with Gasteiger partial charge in [0.2, 0.25) is 0 Å². The van der Waals surface area contributed by atoms with Gasteiger partial charge in [-0.05, 0) is 25.0 Å². The van der Waals surface area contributed by atoms with Gasteiger partial charge in [0, 0.05) is 6.42 Å². The van der Waals surface area contributed by atoms with Gasteiger partial charge in [-0.1, -0.05) is 0 Å². The molecule has 16 heavy (non-hydrogen) atoms. The smallest absolute Gasteiger partial charge is 0.158 e. The number of aromatic nitrogens is 3. The summed E-state index contributed by atoms with van der Waals surface area (Å²) in [7, 11) is 0. The molecule has 0 aromatic carbocycles. The van der Waals surface area contributed by atoms with Crippen LogP contribution < -0.4 is 0 Å². The molecule has 0 saturated carbocycles. The first-order valence-electron chi connectivity index (χ1n) is 5.47. The Balaban J connectivity index is 1.87. The van der Waals surface area contributed by atoms with Crippen LogP contribution in [0.15, 0.2) is 22.8 Å². The minimum atomic E-state index is -0.512. The summed E-state index contributed by atoms with van der Waals surface area (Å²) in [5, 5.41) is 14.0. The monoisotopic (exact) mass is 219 g/mol. The molecule has 0 bridgehead atoms. The molecule has 5 heteroatoms. The fraction of sp³-hybridized carbons (Fsp3) is 0.455. The van der Waals surface area contributed by atoms with E-state index >= 15 is 0 Å². The van der Waals surface area contributed by atoms with Crippen LogP contribution in [-0.2, 0) is 12.8 Å². The predicted molar refractivity (Wildman–Crippen MR) is 55.7 cm³/mol. The lowest BCUT2D eigenvalue weighted by molar-refractivity contribution is 0.0644. The summed E-state index contributed by atoms with van der Waals surface area (Å²) in [6, 6.07) is 3.75. The van der Waals surface area contributed by atoms with Crippen molar-refractivity contribution in [1.82, 2.24) is 14.8 Å². The van der Waals surface area contributed by atoms with Crippen LogP contribution in [0, 0.1) is 0 Å². The number of fused-ring (bicyclic) bond motifs is 1. The predicted octanol–water partition coefficient (Wildman–Crippen LogP) is 1.29. The molecule has 5 nitrogen and oxygen atoms in total. The van der Waals surface area contributed by atoms with Gasteiger partial charge >= 0.3 is 0 Å². The molecular weight excluding hydrogens is 206 g/mol. The Morgan fingerprint density at radius 3 is 3.25 bits per heavy atom. The van der Waals surface area contributed by atoms with E-state index in [0.29, 0.717) is 12.2 Å². The normalized spacial score (nSPS) is 19.7. The second kappa shape index (κ2) is 3.75. The van der Waals surface area contributed by atoms with Crippen LogP contribution in [0.5, 0.6) is 0 Å². The highest BCUT2D eigenvalue weighted by molar-refractivity contribution is 5.07. The number of nitrogens with zero attached hydrogens (tertiary/aromatic N) is 3. The number of furan rings is 1. The SMILES string of the molecule is OC1CCCc2nc(Cc3ccco3)nn21. The second-order valence-electron chi connectivity index (χ2n) is 4.02. The summed E-state index contributed by atoms with van der Waals surface area (Å²) in [5.41, 5.74) is 0. The summed E-state index contributed by atoms with van der Waals surface area (Å²) in [6.45, 7) is 0. The minimum absolute atomic E-state index is 0.512. The van der Waals surface area contributed by atoms with Gasteiger partial charge in [0.05, 0.1) is 12.7 Å². The van der Waals surface area contributed by atoms with Crippen LogP contribution in [0.1, 0.15) is 36.5 Å². The Bertz CT molecular complexity index is 475. The van der Waals surface area contributed by atoms with Crippen molar-refractivity contribution in [3.63, 3.8) is 0 Å². The summed E-state index contributed by atoms with van der Waals surface area (Å²) >= 11 is 0. The maximum absolute atomic E-state index is 9.74. The quantitative estimate of drug-likeness (QED) is 0.826. The molecule has 3 rings (SSSR count). The third kappa shape index (κ3) is 1.63. The highest BCUT2D eigenvalue weighted by Crippen LogP contribution is 2.21. The van der Waals surface area contributed by atoms with Crippen LogP contribution in [0.2, 0.25) is 0 Å². The molecule has 1 atom stereocenters. The van der Waals surface area contributed by atoms with Gasteiger partial charge in [-0.15, -0.1) is 0 Å². The van der Waals surface area contributed by atoms with Gasteiger partial charge in [0.1, 0.15) is 17.8 Å². The van der Waals surface area contributed by atoms with Crippen molar-refractivity contribution in [1.29, 1.82) is 0 Å². The third-order valence-corrected chi connectivity index (χ3v) is 2.80. The van der Waals surface area contributed by atoms with Crippen molar-refractivity contribution in [2.45, 2.75) is 31.9 Å². The summed E-state index contributed by atoms with van der Waals surface area (Å²) in [4.78, 5) is 4.41. The van der Waals surface area contributed by atoms with Crippen LogP contribution in [-0.4, -0.2) is 19.9 Å². The van der Waals surface area contributed by atoms with E-state index in [1.54, 1.807) is 10.9 Å². The Labute approximate surface area is 92.7 Å². The van der Waals surface area contributed by atoms with Crippen molar-refractivity contribution in [2.24, 2.45) is 0 Å². The fourth-order valence-electron chi connectivity index (χ4n) is 2.02. The number of aliphatic hydroxyl groups excluding tert-OH is 1. The van der Waals surface area contributed by atoms with E-state index in [1.807, 2.05) is 12.1 Å². The third-order valence-electron chi connectivity index (χ3n) is 2.80. The average Bonchev–Trinajstić information content (AvgIpc) is 2.88. The number of rotatable bonds is 2. The molecule has 0 saturated heterocycles. The van der Waals surface area contributed by atoms with Crippen molar-refractivity contribution < 1.29 is 9.52 Å². The number of hydrogen-bond donors (Lipinski definition) is 1. The first kappa shape index (κ1) is 9.59. The largest absolute Gasteiger partial charge is 0.469 e. The summed E-state index contributed by atoms with van der Waals surface area (Å²) in [6.07, 6.45) is 4.33. The lowest BCUT2D eigenvalue weighted by atomic mass is 10.1. The van der Waals surface area contributed by atoms with E-state index in [1.165, 1.54) is 0 Å². The minimum Gasteiger partial charge on any atom is -0.469 e. The van der Waals surface area contributed by atoms with Crippen LogP contribution in [0.3, 0.4) is 0 Å². The Morgan fingerprint density at radius 1 is 1.56 bits per heavy atom. The first-order chi connectivity index (χ1) is 7.83. The molecule has 84 valence electrons. The number of aryl methyl sites for hydroxylation is 1. The maximum Gasteiger partial charge on any atom is 0.158 e. The van der Waals surface area contributed by atoms with Gasteiger partial charge in [-0.25, -0.2) is 9.67 Å². The van der Waals surface area contributed by atoms with E-state index in [2.05, 4.69) is 10.1 Å². The molecule has 2 aromatic rings. The van der Waals surface area contributed by atoms with E-state index in [9.17, 15) is 5.11 Å². The molecule has 0 aliphatic carbocycles. The van der Waals surface area contributed by atoms with Crippen molar-refractivity contribution in [3.8, 4) is 0 Å². The van der Waals surface area contributed by atoms with E-state index < -0.39 is 6.23 Å². The average molecular weight is 219 g/mol. The highest BCUT2D eigenvalue weighted by atomic mass is 16.3. The van der Waals surface area contributed by atoms with Crippen LogP contribution >= 0.6 is 0 Å². The van der Waals surface area contributed by atoms with Gasteiger partial charge in [0.25, 0.3) is 0 Å². The molecule has 1 aliphatic heterocycles. The van der Waals surface area contributed by atoms with Crippen LogP contribution in [0.25, 0.3) is 0 Å². The van der Waals surface area contributed by atoms with E-state index in [4.69, 9.17) is 4.42 Å². The van der Waals surface area contributed by atoms with Crippen molar-refractivity contribution in [3.05, 3.63) is 35.8 Å². The van der Waals surface area contributed by atoms with Crippen molar-refractivity contribution >= 4 is 0 Å². The zero-order chi connectivity index (χ0) is 11.0. The van der Waals surface area contributed by atoms with Gasteiger partial charge in [0.15, 0.2) is 5.82 Å². The zero-order valence-corrected chi connectivity index (χ0v) is 8.83. The van der Waals surface area contributed by atoms with Crippen molar-refractivity contribution in [2.75, 3.05) is 0 Å². The fourth-order valence-corrected chi connectivity index (χ4v) is 2.02. The molecule has 2 aromatic heterocycles. The van der Waals surface area contributed by atoms with Crippen LogP contribution in [0.4, 0.5) is 0 Å². The van der Waals surface area contributed by atoms with Gasteiger partial charge in [-0.3, -0.25) is 0 Å². The van der Waals surface area contributed by atoms with Gasteiger partial charge in [-0.2, -0.15) is 5.10 Å². The Kier molecular flexibility index (Phi) is 2.25. The van der Waals surface area contributed by atoms with E-state index in [-0.39, 0.29) is 0 Å². The van der Waals surface area contributed by atoms with E-state index in [0.717, 1.165) is 30.8 Å². The lowest BCUT2D eigenvalue weighted by Gasteiger charge is -2.17. The molecular formula is C11H13N3O2. The molecule has 0 spiro atoms. The molecule has 0 amide bonds. The maximum atomic E-state index is 9.74. The summed E-state index contributed by atoms with van der Waals surface area (Å²) in [5.74, 6) is 2.43. The molecule has 1 aliphatic rings. The Morgan fingerprint density at radius 2 is 2.50 bits per heavy atom. The lowest BCUT2D eigenvalue weighted by Crippen LogP contribution is -2.18. The number of hydrogen-bond acceptors (Lipinski definition) is 4. The Hall–Kier alpha value is -1.62.